The molecule has 1 amide bonds. The number of hydrogen-bond acceptors (Lipinski definition) is 4. The number of ether oxygens (including phenoxy) is 3. The van der Waals surface area contributed by atoms with Gasteiger partial charge >= 0.3 is 0 Å². The maximum atomic E-state index is 11.9. The van der Waals surface area contributed by atoms with Crippen LogP contribution in [0.3, 0.4) is 0 Å². The Hall–Kier alpha value is -2.69. The zero-order valence-electron chi connectivity index (χ0n) is 15.2. The van der Waals surface area contributed by atoms with Crippen molar-refractivity contribution < 1.29 is 19.0 Å². The molecule has 0 saturated carbocycles. The molecule has 2 rings (SSSR count). The van der Waals surface area contributed by atoms with Gasteiger partial charge in [-0.1, -0.05) is 12.1 Å². The van der Waals surface area contributed by atoms with Crippen molar-refractivity contribution in [3.05, 3.63) is 54.1 Å². The lowest BCUT2D eigenvalue weighted by atomic mass is 10.1. The Kier molecular flexibility index (Phi) is 6.28. The van der Waals surface area contributed by atoms with Crippen LogP contribution in [0.5, 0.6) is 17.2 Å². The lowest BCUT2D eigenvalue weighted by Gasteiger charge is -2.21. The second-order valence-corrected chi connectivity index (χ2v) is 6.60. The first-order chi connectivity index (χ1) is 11.9. The van der Waals surface area contributed by atoms with E-state index in [0.29, 0.717) is 12.3 Å². The maximum Gasteiger partial charge on any atom is 0.258 e. The molecular weight excluding hydrogens is 318 g/mol. The molecule has 0 radical (unpaired) electrons. The number of carbonyl (C=O) groups excluding carboxylic acids is 1. The Balaban J connectivity index is 1.75. The molecule has 0 saturated heterocycles. The third kappa shape index (κ3) is 6.75. The summed E-state index contributed by atoms with van der Waals surface area (Å²) < 4.78 is 16.3. The van der Waals surface area contributed by atoms with Gasteiger partial charge in [0.05, 0.1) is 7.11 Å². The quantitative estimate of drug-likeness (QED) is 0.835. The average molecular weight is 343 g/mol. The van der Waals surface area contributed by atoms with E-state index in [1.807, 2.05) is 45.0 Å². The highest BCUT2D eigenvalue weighted by molar-refractivity contribution is 5.77. The summed E-state index contributed by atoms with van der Waals surface area (Å²) in [5.74, 6) is 2.01. The molecule has 0 atom stereocenters. The molecule has 0 fully saturated rings. The molecule has 1 N–H and O–H groups in total. The van der Waals surface area contributed by atoms with Gasteiger partial charge in [-0.15, -0.1) is 0 Å². The van der Waals surface area contributed by atoms with E-state index in [2.05, 4.69) is 5.32 Å². The lowest BCUT2D eigenvalue weighted by molar-refractivity contribution is -0.123. The smallest absolute Gasteiger partial charge is 0.258 e. The molecule has 0 aliphatic carbocycles. The van der Waals surface area contributed by atoms with Crippen LogP contribution in [0.4, 0.5) is 0 Å². The topological polar surface area (TPSA) is 56.8 Å². The molecule has 5 nitrogen and oxygen atoms in total. The van der Waals surface area contributed by atoms with Crippen molar-refractivity contribution >= 4 is 5.91 Å². The first-order valence-corrected chi connectivity index (χ1v) is 8.17. The highest BCUT2D eigenvalue weighted by Crippen LogP contribution is 2.19. The predicted molar refractivity (Wildman–Crippen MR) is 97.2 cm³/mol. The molecule has 0 unspecified atom stereocenters. The Morgan fingerprint density at radius 1 is 0.920 bits per heavy atom. The highest BCUT2D eigenvalue weighted by atomic mass is 16.5. The minimum atomic E-state index is -0.228. The Morgan fingerprint density at radius 2 is 1.48 bits per heavy atom. The lowest BCUT2D eigenvalue weighted by Crippen LogP contribution is -2.28. The Morgan fingerprint density at radius 3 is 2.04 bits per heavy atom. The van der Waals surface area contributed by atoms with E-state index in [9.17, 15) is 4.79 Å². The minimum Gasteiger partial charge on any atom is -0.497 e. The third-order valence-electron chi connectivity index (χ3n) is 3.27. The monoisotopic (exact) mass is 343 g/mol. The summed E-state index contributed by atoms with van der Waals surface area (Å²) >= 11 is 0. The number of methoxy groups -OCH3 is 1. The second kappa shape index (κ2) is 8.42. The van der Waals surface area contributed by atoms with Gasteiger partial charge in [-0.2, -0.15) is 0 Å². The van der Waals surface area contributed by atoms with Crippen LogP contribution < -0.4 is 19.5 Å². The summed E-state index contributed by atoms with van der Waals surface area (Å²) in [6.45, 7) is 6.43. The van der Waals surface area contributed by atoms with Gasteiger partial charge in [-0.3, -0.25) is 4.79 Å². The van der Waals surface area contributed by atoms with Gasteiger partial charge in [-0.05, 0) is 62.7 Å². The van der Waals surface area contributed by atoms with Crippen molar-refractivity contribution in [2.75, 3.05) is 13.7 Å². The average Bonchev–Trinajstić information content (AvgIpc) is 2.58. The molecule has 134 valence electrons. The van der Waals surface area contributed by atoms with Gasteiger partial charge < -0.3 is 19.5 Å². The number of carbonyl (C=O) groups is 1. The van der Waals surface area contributed by atoms with E-state index < -0.39 is 0 Å². The first-order valence-electron chi connectivity index (χ1n) is 8.17. The van der Waals surface area contributed by atoms with Crippen LogP contribution in [0.2, 0.25) is 0 Å². The number of hydrogen-bond donors (Lipinski definition) is 1. The van der Waals surface area contributed by atoms with Gasteiger partial charge in [0.2, 0.25) is 0 Å². The first kappa shape index (κ1) is 18.6. The minimum absolute atomic E-state index is 0.0302. The SMILES string of the molecule is COc1ccc(OCC(=O)NCc2ccc(OC(C)(C)C)cc2)cc1. The van der Waals surface area contributed by atoms with E-state index >= 15 is 0 Å². The van der Waals surface area contributed by atoms with Crippen molar-refractivity contribution in [1.29, 1.82) is 0 Å². The normalized spacial score (nSPS) is 10.9. The predicted octanol–water partition coefficient (Wildman–Crippen LogP) is 3.57. The summed E-state index contributed by atoms with van der Waals surface area (Å²) in [5, 5.41) is 2.83. The van der Waals surface area contributed by atoms with E-state index in [0.717, 1.165) is 17.1 Å². The number of benzene rings is 2. The van der Waals surface area contributed by atoms with Crippen molar-refractivity contribution in [2.45, 2.75) is 32.9 Å². The van der Waals surface area contributed by atoms with Gasteiger partial charge in [0.1, 0.15) is 22.8 Å². The molecule has 0 bridgehead atoms. The van der Waals surface area contributed by atoms with Crippen LogP contribution >= 0.6 is 0 Å². The maximum absolute atomic E-state index is 11.9. The molecule has 5 heteroatoms. The van der Waals surface area contributed by atoms with Crippen LogP contribution in [0.25, 0.3) is 0 Å². The second-order valence-electron chi connectivity index (χ2n) is 6.60. The Labute approximate surface area is 148 Å². The van der Waals surface area contributed by atoms with Crippen molar-refractivity contribution in [3.63, 3.8) is 0 Å². The zero-order valence-corrected chi connectivity index (χ0v) is 15.2. The van der Waals surface area contributed by atoms with Crippen LogP contribution in [0.15, 0.2) is 48.5 Å². The third-order valence-corrected chi connectivity index (χ3v) is 3.27. The fourth-order valence-corrected chi connectivity index (χ4v) is 2.10. The molecule has 0 aliphatic rings. The summed E-state index contributed by atoms with van der Waals surface area (Å²) in [6.07, 6.45) is 0. The molecule has 0 spiro atoms. The van der Waals surface area contributed by atoms with E-state index in [1.54, 1.807) is 31.4 Å². The number of amides is 1. The summed E-state index contributed by atoms with van der Waals surface area (Å²) in [6, 6.07) is 14.8. The van der Waals surface area contributed by atoms with Crippen molar-refractivity contribution in [2.24, 2.45) is 0 Å². The zero-order chi connectivity index (χ0) is 18.3. The highest BCUT2D eigenvalue weighted by Gasteiger charge is 2.11. The van der Waals surface area contributed by atoms with Crippen LogP contribution in [0, 0.1) is 0 Å². The van der Waals surface area contributed by atoms with Crippen molar-refractivity contribution in [1.82, 2.24) is 5.32 Å². The van der Waals surface area contributed by atoms with Crippen LogP contribution in [0.1, 0.15) is 26.3 Å². The van der Waals surface area contributed by atoms with E-state index in [-0.39, 0.29) is 18.1 Å². The number of nitrogens with one attached hydrogen (secondary N) is 1. The molecule has 2 aromatic rings. The van der Waals surface area contributed by atoms with Gasteiger partial charge in [0.15, 0.2) is 6.61 Å². The molecule has 0 heterocycles. The summed E-state index contributed by atoms with van der Waals surface area (Å²) in [5.41, 5.74) is 0.771. The summed E-state index contributed by atoms with van der Waals surface area (Å²) in [4.78, 5) is 11.9. The van der Waals surface area contributed by atoms with Gasteiger partial charge in [0, 0.05) is 6.54 Å². The molecule has 0 aliphatic heterocycles. The summed E-state index contributed by atoms with van der Waals surface area (Å²) in [7, 11) is 1.60. The fraction of sp³-hybridized carbons (Fsp3) is 0.350. The van der Waals surface area contributed by atoms with E-state index in [1.165, 1.54) is 0 Å². The van der Waals surface area contributed by atoms with Crippen LogP contribution in [-0.4, -0.2) is 25.2 Å². The Bertz CT molecular complexity index is 672. The fourth-order valence-electron chi connectivity index (χ4n) is 2.10. The van der Waals surface area contributed by atoms with Gasteiger partial charge in [0.25, 0.3) is 5.91 Å². The molecular formula is C20H25NO4. The largest absolute Gasteiger partial charge is 0.497 e. The number of rotatable bonds is 7. The molecule has 2 aromatic carbocycles. The standard InChI is InChI=1S/C20H25NO4/c1-20(2,3)25-18-7-5-15(6-8-18)13-21-19(22)14-24-17-11-9-16(23-4)10-12-17/h5-12H,13-14H2,1-4H3,(H,21,22). The molecule has 0 aromatic heterocycles. The van der Waals surface area contributed by atoms with Gasteiger partial charge in [-0.25, -0.2) is 0 Å². The molecule has 25 heavy (non-hydrogen) atoms. The van der Waals surface area contributed by atoms with Crippen LogP contribution in [-0.2, 0) is 11.3 Å². The van der Waals surface area contributed by atoms with E-state index in [4.69, 9.17) is 14.2 Å². The van der Waals surface area contributed by atoms with Crippen molar-refractivity contribution in [3.8, 4) is 17.2 Å².